The highest BCUT2D eigenvalue weighted by molar-refractivity contribution is 7.92. The minimum Gasteiger partial charge on any atom is -0.379 e. The Hall–Kier alpha value is -3.40. The van der Waals surface area contributed by atoms with Gasteiger partial charge in [-0.15, -0.1) is 0 Å². The average Bonchev–Trinajstić information content (AvgIpc) is 3.12. The van der Waals surface area contributed by atoms with Crippen molar-refractivity contribution in [2.24, 2.45) is 5.92 Å². The van der Waals surface area contributed by atoms with Crippen molar-refractivity contribution in [3.63, 3.8) is 0 Å². The smallest absolute Gasteiger partial charge is 0.293 e. The fraction of sp³-hybridized carbons (Fsp3) is 0.318. The Labute approximate surface area is 187 Å². The number of nitro groups is 1. The summed E-state index contributed by atoms with van der Waals surface area (Å²) in [4.78, 5) is 15.1. The number of nitro benzene ring substituents is 1. The lowest BCUT2D eigenvalue weighted by atomic mass is 10.1. The third kappa shape index (κ3) is 5.44. The Morgan fingerprint density at radius 2 is 1.84 bits per heavy atom. The van der Waals surface area contributed by atoms with E-state index in [2.05, 4.69) is 15.0 Å². The highest BCUT2D eigenvalue weighted by atomic mass is 32.2. The third-order valence-electron chi connectivity index (χ3n) is 5.18. The molecule has 0 aliphatic carbocycles. The van der Waals surface area contributed by atoms with E-state index in [0.29, 0.717) is 18.8 Å². The summed E-state index contributed by atoms with van der Waals surface area (Å²) in [6, 6.07) is 9.22. The number of aryl methyl sites for hydroxylation is 3. The topological polar surface area (TPSA) is 119 Å². The minimum atomic E-state index is -3.98. The molecule has 170 valence electrons. The summed E-state index contributed by atoms with van der Waals surface area (Å²) >= 11 is 0. The van der Waals surface area contributed by atoms with E-state index in [1.165, 1.54) is 12.1 Å². The molecular formula is C22H27N5O4S. The molecule has 1 heterocycles. The van der Waals surface area contributed by atoms with Crippen LogP contribution in [-0.4, -0.2) is 29.4 Å². The van der Waals surface area contributed by atoms with Crippen LogP contribution in [0.15, 0.2) is 53.7 Å². The number of nitrogens with zero attached hydrogens (tertiary/aromatic N) is 3. The molecule has 0 amide bonds. The van der Waals surface area contributed by atoms with Gasteiger partial charge in [0.05, 0.1) is 15.5 Å². The maximum atomic E-state index is 12.8. The summed E-state index contributed by atoms with van der Waals surface area (Å²) in [5.41, 5.74) is 2.19. The van der Waals surface area contributed by atoms with Crippen molar-refractivity contribution in [2.75, 3.05) is 16.6 Å². The number of benzene rings is 2. The molecule has 2 N–H and O–H groups in total. The molecule has 1 unspecified atom stereocenters. The summed E-state index contributed by atoms with van der Waals surface area (Å²) in [6.45, 7) is 8.83. The van der Waals surface area contributed by atoms with Gasteiger partial charge >= 0.3 is 0 Å². The monoisotopic (exact) mass is 457 g/mol. The van der Waals surface area contributed by atoms with E-state index >= 15 is 0 Å². The standard InChI is InChI=1S/C22H27N5O4S/c1-15-5-7-20(17(3)11-15)25-32(30,31)19-6-8-21(22(12-19)27(28)29)24-13-16(2)14-26-10-9-23-18(26)4/h5-12,16,24-25H,13-14H2,1-4H3. The second-order valence-electron chi connectivity index (χ2n) is 7.97. The Morgan fingerprint density at radius 3 is 2.47 bits per heavy atom. The Morgan fingerprint density at radius 1 is 1.12 bits per heavy atom. The normalized spacial score (nSPS) is 12.4. The van der Waals surface area contributed by atoms with Crippen LogP contribution in [0.4, 0.5) is 17.1 Å². The highest BCUT2D eigenvalue weighted by Gasteiger charge is 2.22. The molecule has 9 nitrogen and oxygen atoms in total. The quantitative estimate of drug-likeness (QED) is 0.366. The number of anilines is 2. The van der Waals surface area contributed by atoms with Crippen molar-refractivity contribution >= 4 is 27.1 Å². The van der Waals surface area contributed by atoms with Gasteiger partial charge in [0.1, 0.15) is 11.5 Å². The van der Waals surface area contributed by atoms with E-state index < -0.39 is 14.9 Å². The van der Waals surface area contributed by atoms with Gasteiger partial charge in [-0.05, 0) is 50.5 Å². The molecule has 3 rings (SSSR count). The number of sulfonamides is 1. The Balaban J connectivity index is 1.77. The highest BCUT2D eigenvalue weighted by Crippen LogP contribution is 2.29. The molecule has 0 bridgehead atoms. The van der Waals surface area contributed by atoms with Crippen molar-refractivity contribution in [3.8, 4) is 0 Å². The second kappa shape index (κ2) is 9.39. The maximum Gasteiger partial charge on any atom is 0.293 e. The zero-order valence-electron chi connectivity index (χ0n) is 18.5. The van der Waals surface area contributed by atoms with Crippen molar-refractivity contribution in [2.45, 2.75) is 39.1 Å². The molecule has 3 aromatic rings. The van der Waals surface area contributed by atoms with Crippen LogP contribution in [0.25, 0.3) is 0 Å². The summed E-state index contributed by atoms with van der Waals surface area (Å²) in [7, 11) is -3.98. The van der Waals surface area contributed by atoms with Crippen molar-refractivity contribution in [1.29, 1.82) is 0 Å². The lowest BCUT2D eigenvalue weighted by Crippen LogP contribution is -2.18. The molecule has 1 atom stereocenters. The molecule has 32 heavy (non-hydrogen) atoms. The van der Waals surface area contributed by atoms with Crippen molar-refractivity contribution in [3.05, 3.63) is 75.9 Å². The molecule has 0 fully saturated rings. The molecule has 1 aromatic heterocycles. The molecule has 10 heteroatoms. The van der Waals surface area contributed by atoms with E-state index in [4.69, 9.17) is 0 Å². The van der Waals surface area contributed by atoms with Gasteiger partial charge in [0.25, 0.3) is 15.7 Å². The van der Waals surface area contributed by atoms with Crippen molar-refractivity contribution in [1.82, 2.24) is 9.55 Å². The Kier molecular flexibility index (Phi) is 6.83. The van der Waals surface area contributed by atoms with Crippen LogP contribution in [0.2, 0.25) is 0 Å². The van der Waals surface area contributed by atoms with Gasteiger partial charge in [-0.25, -0.2) is 13.4 Å². The lowest BCUT2D eigenvalue weighted by Gasteiger charge is -2.16. The Bertz CT molecular complexity index is 1240. The van der Waals surface area contributed by atoms with Gasteiger partial charge in [0.2, 0.25) is 0 Å². The van der Waals surface area contributed by atoms with Crippen LogP contribution in [-0.2, 0) is 16.6 Å². The maximum absolute atomic E-state index is 12.8. The van der Waals surface area contributed by atoms with Gasteiger partial charge in [0, 0.05) is 31.5 Å². The molecular weight excluding hydrogens is 430 g/mol. The van der Waals surface area contributed by atoms with E-state index in [-0.39, 0.29) is 22.2 Å². The molecule has 0 aliphatic rings. The molecule has 0 saturated carbocycles. The van der Waals surface area contributed by atoms with E-state index in [9.17, 15) is 18.5 Å². The third-order valence-corrected chi connectivity index (χ3v) is 6.54. The first-order valence-electron chi connectivity index (χ1n) is 10.2. The molecule has 0 spiro atoms. The molecule has 0 aliphatic heterocycles. The van der Waals surface area contributed by atoms with Crippen LogP contribution < -0.4 is 10.0 Å². The van der Waals surface area contributed by atoms with Crippen LogP contribution in [0, 0.1) is 36.8 Å². The van der Waals surface area contributed by atoms with Gasteiger partial charge < -0.3 is 9.88 Å². The largest absolute Gasteiger partial charge is 0.379 e. The zero-order valence-corrected chi connectivity index (χ0v) is 19.3. The molecule has 0 radical (unpaired) electrons. The fourth-order valence-corrected chi connectivity index (χ4v) is 4.54. The number of hydrogen-bond acceptors (Lipinski definition) is 6. The SMILES string of the molecule is Cc1ccc(NS(=O)(=O)c2ccc(NCC(C)Cn3ccnc3C)c([N+](=O)[O-])c2)c(C)c1. The van der Waals surface area contributed by atoms with Gasteiger partial charge in [-0.2, -0.15) is 0 Å². The van der Waals surface area contributed by atoms with E-state index in [0.717, 1.165) is 23.0 Å². The molecule has 2 aromatic carbocycles. The predicted octanol–water partition coefficient (Wildman–Crippen LogP) is 4.27. The van der Waals surface area contributed by atoms with Crippen LogP contribution in [0.3, 0.4) is 0 Å². The summed E-state index contributed by atoms with van der Waals surface area (Å²) in [6.07, 6.45) is 3.61. The van der Waals surface area contributed by atoms with Crippen molar-refractivity contribution < 1.29 is 13.3 Å². The number of hydrogen-bond donors (Lipinski definition) is 2. The van der Waals surface area contributed by atoms with Crippen LogP contribution in [0.5, 0.6) is 0 Å². The lowest BCUT2D eigenvalue weighted by molar-refractivity contribution is -0.384. The fourth-order valence-electron chi connectivity index (χ4n) is 3.39. The minimum absolute atomic E-state index is 0.164. The summed E-state index contributed by atoms with van der Waals surface area (Å²) in [5, 5.41) is 14.7. The number of rotatable bonds is 9. The van der Waals surface area contributed by atoms with Gasteiger partial charge in [-0.3, -0.25) is 14.8 Å². The van der Waals surface area contributed by atoms with E-state index in [1.807, 2.05) is 37.6 Å². The van der Waals surface area contributed by atoms with Crippen LogP contribution in [0.1, 0.15) is 23.9 Å². The van der Waals surface area contributed by atoms with Crippen LogP contribution >= 0.6 is 0 Å². The van der Waals surface area contributed by atoms with Gasteiger partial charge in [0.15, 0.2) is 0 Å². The number of aromatic nitrogens is 2. The summed E-state index contributed by atoms with van der Waals surface area (Å²) in [5.74, 6) is 1.06. The summed E-state index contributed by atoms with van der Waals surface area (Å²) < 4.78 is 30.2. The first-order chi connectivity index (χ1) is 15.1. The zero-order chi connectivity index (χ0) is 23.5. The number of imidazole rings is 1. The number of nitrogens with one attached hydrogen (secondary N) is 2. The van der Waals surface area contributed by atoms with E-state index in [1.54, 1.807) is 25.3 Å². The molecule has 0 saturated heterocycles. The first kappa shape index (κ1) is 23.3. The average molecular weight is 458 g/mol. The second-order valence-corrected chi connectivity index (χ2v) is 9.66. The van der Waals surface area contributed by atoms with Gasteiger partial charge in [-0.1, -0.05) is 24.6 Å². The first-order valence-corrected chi connectivity index (χ1v) is 11.7. The predicted molar refractivity (Wildman–Crippen MR) is 124 cm³/mol.